The molecule has 0 saturated carbocycles. The predicted molar refractivity (Wildman–Crippen MR) is 72.8 cm³/mol. The average Bonchev–Trinajstić information content (AvgIpc) is 2.42. The molecule has 0 amide bonds. The van der Waals surface area contributed by atoms with Crippen molar-refractivity contribution < 1.29 is 4.74 Å². The lowest BCUT2D eigenvalue weighted by Crippen LogP contribution is -2.40. The van der Waals surface area contributed by atoms with Crippen LogP contribution >= 0.6 is 0 Å². The quantitative estimate of drug-likeness (QED) is 0.667. The highest BCUT2D eigenvalue weighted by atomic mass is 16.5. The second-order valence-corrected chi connectivity index (χ2v) is 4.40. The zero-order valence-electron chi connectivity index (χ0n) is 10.3. The SMILES string of the molecule is Nc1cc2c(=O)[nH]cnc2cc1NN1CCOCC1. The summed E-state index contributed by atoms with van der Waals surface area (Å²) in [5, 5.41) is 2.53. The summed E-state index contributed by atoms with van der Waals surface area (Å²) in [5.74, 6) is 0. The smallest absolute Gasteiger partial charge is 0.258 e. The molecule has 1 fully saturated rings. The minimum absolute atomic E-state index is 0.186. The summed E-state index contributed by atoms with van der Waals surface area (Å²) >= 11 is 0. The monoisotopic (exact) mass is 261 g/mol. The number of ether oxygens (including phenoxy) is 1. The van der Waals surface area contributed by atoms with E-state index in [-0.39, 0.29) is 5.56 Å². The van der Waals surface area contributed by atoms with Gasteiger partial charge in [-0.15, -0.1) is 0 Å². The van der Waals surface area contributed by atoms with E-state index in [9.17, 15) is 4.79 Å². The predicted octanol–water partition coefficient (Wildman–Crippen LogP) is 0.164. The standard InChI is InChI=1S/C12H15N5O2/c13-9-5-8-10(14-7-15-12(8)18)6-11(9)16-17-1-3-19-4-2-17/h5-7,16H,1-4,13H2,(H,14,15,18). The fourth-order valence-corrected chi connectivity index (χ4v) is 2.07. The molecule has 1 aliphatic rings. The van der Waals surface area contributed by atoms with Gasteiger partial charge in [-0.1, -0.05) is 0 Å². The van der Waals surface area contributed by atoms with Gasteiger partial charge in [0.2, 0.25) is 0 Å². The molecule has 1 aromatic carbocycles. The first kappa shape index (κ1) is 11.9. The summed E-state index contributed by atoms with van der Waals surface area (Å²) in [4.78, 5) is 18.3. The molecule has 3 rings (SSSR count). The Balaban J connectivity index is 1.95. The zero-order chi connectivity index (χ0) is 13.2. The number of hydrogen-bond acceptors (Lipinski definition) is 6. The number of anilines is 2. The second-order valence-electron chi connectivity index (χ2n) is 4.40. The summed E-state index contributed by atoms with van der Waals surface area (Å²) in [7, 11) is 0. The molecule has 7 heteroatoms. The number of fused-ring (bicyclic) bond motifs is 1. The van der Waals surface area contributed by atoms with E-state index >= 15 is 0 Å². The first-order chi connectivity index (χ1) is 9.24. The zero-order valence-corrected chi connectivity index (χ0v) is 10.3. The number of benzene rings is 1. The number of hydrogen-bond donors (Lipinski definition) is 3. The van der Waals surface area contributed by atoms with Crippen molar-refractivity contribution in [3.05, 3.63) is 28.8 Å². The Morgan fingerprint density at radius 3 is 2.95 bits per heavy atom. The molecule has 0 bridgehead atoms. The molecule has 1 aliphatic heterocycles. The van der Waals surface area contributed by atoms with Gasteiger partial charge in [-0.3, -0.25) is 4.79 Å². The number of hydrazine groups is 1. The van der Waals surface area contributed by atoms with Crippen molar-refractivity contribution >= 4 is 22.3 Å². The molecule has 7 nitrogen and oxygen atoms in total. The van der Waals surface area contributed by atoms with Crippen molar-refractivity contribution in [1.82, 2.24) is 15.0 Å². The molecule has 0 unspecified atom stereocenters. The normalized spacial score (nSPS) is 16.6. The Bertz CT molecular complexity index is 648. The number of nitrogens with one attached hydrogen (secondary N) is 2. The van der Waals surface area contributed by atoms with Crippen LogP contribution in [0.2, 0.25) is 0 Å². The number of aromatic amines is 1. The van der Waals surface area contributed by atoms with Crippen LogP contribution in [0, 0.1) is 0 Å². The van der Waals surface area contributed by atoms with Crippen LogP contribution in [-0.4, -0.2) is 41.3 Å². The van der Waals surface area contributed by atoms with E-state index in [0.29, 0.717) is 29.8 Å². The molecule has 2 aromatic rings. The van der Waals surface area contributed by atoms with Gasteiger partial charge < -0.3 is 20.9 Å². The van der Waals surface area contributed by atoms with Crippen LogP contribution in [0.4, 0.5) is 11.4 Å². The van der Waals surface area contributed by atoms with E-state index in [4.69, 9.17) is 10.5 Å². The summed E-state index contributed by atoms with van der Waals surface area (Å²) in [5.41, 5.74) is 10.9. The second kappa shape index (κ2) is 4.87. The third-order valence-electron chi connectivity index (χ3n) is 3.10. The van der Waals surface area contributed by atoms with Gasteiger partial charge in [0.15, 0.2) is 0 Å². The van der Waals surface area contributed by atoms with Crippen LogP contribution in [0.15, 0.2) is 23.3 Å². The number of nitrogen functional groups attached to an aromatic ring is 1. The first-order valence-electron chi connectivity index (χ1n) is 6.10. The Kier molecular flexibility index (Phi) is 3.06. The lowest BCUT2D eigenvalue weighted by molar-refractivity contribution is 0.0497. The average molecular weight is 261 g/mol. The fourth-order valence-electron chi connectivity index (χ4n) is 2.07. The summed E-state index contributed by atoms with van der Waals surface area (Å²) in [6.45, 7) is 2.97. The molecule has 100 valence electrons. The maximum Gasteiger partial charge on any atom is 0.258 e. The molecular formula is C12H15N5O2. The number of morpholine rings is 1. The molecule has 1 aromatic heterocycles. The maximum absolute atomic E-state index is 11.6. The van der Waals surface area contributed by atoms with Crippen LogP contribution in [-0.2, 0) is 4.74 Å². The van der Waals surface area contributed by atoms with E-state index in [2.05, 4.69) is 15.4 Å². The topological polar surface area (TPSA) is 96.3 Å². The maximum atomic E-state index is 11.6. The van der Waals surface area contributed by atoms with Crippen LogP contribution in [0.3, 0.4) is 0 Å². The lowest BCUT2D eigenvalue weighted by atomic mass is 10.2. The van der Waals surface area contributed by atoms with Crippen LogP contribution < -0.4 is 16.7 Å². The van der Waals surface area contributed by atoms with Gasteiger partial charge in [0.25, 0.3) is 5.56 Å². The van der Waals surface area contributed by atoms with Crippen molar-refractivity contribution in [3.63, 3.8) is 0 Å². The van der Waals surface area contributed by atoms with E-state index in [1.54, 1.807) is 12.1 Å². The Morgan fingerprint density at radius 1 is 1.37 bits per heavy atom. The number of aromatic nitrogens is 2. The van der Waals surface area contributed by atoms with E-state index in [0.717, 1.165) is 18.8 Å². The van der Waals surface area contributed by atoms with Gasteiger partial charge in [0, 0.05) is 13.1 Å². The van der Waals surface area contributed by atoms with Gasteiger partial charge >= 0.3 is 0 Å². The van der Waals surface area contributed by atoms with Crippen molar-refractivity contribution in [2.45, 2.75) is 0 Å². The molecule has 4 N–H and O–H groups in total. The molecule has 0 radical (unpaired) electrons. The minimum Gasteiger partial charge on any atom is -0.397 e. The summed E-state index contributed by atoms with van der Waals surface area (Å²) in [6.07, 6.45) is 1.39. The molecule has 1 saturated heterocycles. The van der Waals surface area contributed by atoms with Gasteiger partial charge in [-0.05, 0) is 12.1 Å². The number of nitrogens with two attached hydrogens (primary N) is 1. The van der Waals surface area contributed by atoms with E-state index < -0.39 is 0 Å². The van der Waals surface area contributed by atoms with Crippen molar-refractivity contribution in [3.8, 4) is 0 Å². The number of rotatable bonds is 2. The first-order valence-corrected chi connectivity index (χ1v) is 6.10. The third-order valence-corrected chi connectivity index (χ3v) is 3.10. The Morgan fingerprint density at radius 2 is 2.16 bits per heavy atom. The van der Waals surface area contributed by atoms with E-state index in [1.807, 2.05) is 5.01 Å². The summed E-state index contributed by atoms with van der Waals surface area (Å²) < 4.78 is 5.28. The van der Waals surface area contributed by atoms with Crippen molar-refractivity contribution in [2.24, 2.45) is 0 Å². The molecule has 19 heavy (non-hydrogen) atoms. The van der Waals surface area contributed by atoms with E-state index in [1.165, 1.54) is 6.33 Å². The van der Waals surface area contributed by atoms with Crippen molar-refractivity contribution in [2.75, 3.05) is 37.5 Å². The highest BCUT2D eigenvalue weighted by Gasteiger charge is 2.12. The van der Waals surface area contributed by atoms with Gasteiger partial charge in [0.05, 0.1) is 41.8 Å². The third kappa shape index (κ3) is 2.38. The molecular weight excluding hydrogens is 246 g/mol. The lowest BCUT2D eigenvalue weighted by Gasteiger charge is -2.28. The van der Waals surface area contributed by atoms with Crippen LogP contribution in [0.25, 0.3) is 10.9 Å². The minimum atomic E-state index is -0.186. The highest BCUT2D eigenvalue weighted by molar-refractivity contribution is 5.87. The van der Waals surface area contributed by atoms with Crippen LogP contribution in [0.1, 0.15) is 0 Å². The Labute approximate surface area is 109 Å². The molecule has 2 heterocycles. The molecule has 0 spiro atoms. The van der Waals surface area contributed by atoms with Gasteiger partial charge in [-0.2, -0.15) is 0 Å². The number of H-pyrrole nitrogens is 1. The van der Waals surface area contributed by atoms with Crippen LogP contribution in [0.5, 0.6) is 0 Å². The van der Waals surface area contributed by atoms with Crippen molar-refractivity contribution in [1.29, 1.82) is 0 Å². The molecule has 0 atom stereocenters. The fraction of sp³-hybridized carbons (Fsp3) is 0.333. The Hall–Kier alpha value is -2.12. The number of nitrogens with zero attached hydrogens (tertiary/aromatic N) is 2. The largest absolute Gasteiger partial charge is 0.397 e. The molecule has 0 aliphatic carbocycles. The van der Waals surface area contributed by atoms with Gasteiger partial charge in [-0.25, -0.2) is 9.99 Å². The highest BCUT2D eigenvalue weighted by Crippen LogP contribution is 2.23. The van der Waals surface area contributed by atoms with Gasteiger partial charge in [0.1, 0.15) is 0 Å². The summed E-state index contributed by atoms with van der Waals surface area (Å²) in [6, 6.07) is 3.43.